The molecule has 0 bridgehead atoms. The van der Waals surface area contributed by atoms with Crippen molar-refractivity contribution in [1.29, 1.82) is 0 Å². The fourth-order valence-electron chi connectivity index (χ4n) is 1.90. The van der Waals surface area contributed by atoms with E-state index in [1.54, 1.807) is 0 Å². The number of nitrogen functional groups attached to an aromatic ring is 1. The van der Waals surface area contributed by atoms with Gasteiger partial charge in [-0.2, -0.15) is 0 Å². The molecule has 0 spiro atoms. The number of nitrogens with one attached hydrogen (secondary N) is 1. The number of nitrogens with zero attached hydrogens (tertiary/aromatic N) is 1. The summed E-state index contributed by atoms with van der Waals surface area (Å²) in [6.07, 6.45) is 1.44. The quantitative estimate of drug-likeness (QED) is 0.795. The van der Waals surface area contributed by atoms with Crippen molar-refractivity contribution in [2.45, 2.75) is 19.9 Å². The number of carboxylic acids is 1. The predicted octanol–water partition coefficient (Wildman–Crippen LogP) is 2.84. The Labute approximate surface area is 117 Å². The van der Waals surface area contributed by atoms with Gasteiger partial charge in [-0.15, -0.1) is 0 Å². The molecule has 1 unspecified atom stereocenters. The highest BCUT2D eigenvalue weighted by Gasteiger charge is 2.14. The Morgan fingerprint density at radius 1 is 1.35 bits per heavy atom. The molecule has 5 nitrogen and oxygen atoms in total. The van der Waals surface area contributed by atoms with E-state index in [9.17, 15) is 9.90 Å². The Kier molecular flexibility index (Phi) is 3.89. The maximum Gasteiger partial charge on any atom is 0.339 e. The van der Waals surface area contributed by atoms with Crippen molar-refractivity contribution in [1.82, 2.24) is 4.98 Å². The molecule has 1 aromatic carbocycles. The van der Waals surface area contributed by atoms with Crippen molar-refractivity contribution in [2.75, 3.05) is 11.1 Å². The van der Waals surface area contributed by atoms with E-state index in [4.69, 9.17) is 5.73 Å². The van der Waals surface area contributed by atoms with Crippen LogP contribution in [0.2, 0.25) is 0 Å². The van der Waals surface area contributed by atoms with Gasteiger partial charge >= 0.3 is 5.97 Å². The van der Waals surface area contributed by atoms with Crippen molar-refractivity contribution in [3.8, 4) is 0 Å². The zero-order valence-electron chi connectivity index (χ0n) is 11.4. The van der Waals surface area contributed by atoms with Crippen LogP contribution in [0.25, 0.3) is 0 Å². The number of pyridine rings is 1. The molecule has 0 aliphatic carbocycles. The summed E-state index contributed by atoms with van der Waals surface area (Å²) in [7, 11) is 0. The van der Waals surface area contributed by atoms with Gasteiger partial charge in [-0.1, -0.05) is 29.8 Å². The summed E-state index contributed by atoms with van der Waals surface area (Å²) in [5, 5.41) is 12.3. The van der Waals surface area contributed by atoms with Gasteiger partial charge < -0.3 is 16.2 Å². The van der Waals surface area contributed by atoms with Crippen LogP contribution in [0.4, 0.5) is 11.5 Å². The second-order valence-corrected chi connectivity index (χ2v) is 4.75. The van der Waals surface area contributed by atoms with Crippen LogP contribution in [0.15, 0.2) is 36.5 Å². The molecule has 0 aliphatic rings. The van der Waals surface area contributed by atoms with Crippen molar-refractivity contribution in [3.63, 3.8) is 0 Å². The molecule has 0 saturated heterocycles. The van der Waals surface area contributed by atoms with Gasteiger partial charge in [0.05, 0.1) is 11.9 Å². The minimum atomic E-state index is -1.05. The number of aromatic carboxylic acids is 1. The lowest BCUT2D eigenvalue weighted by molar-refractivity contribution is 0.0697. The summed E-state index contributed by atoms with van der Waals surface area (Å²) >= 11 is 0. The Balaban J connectivity index is 2.25. The van der Waals surface area contributed by atoms with Crippen molar-refractivity contribution in [2.24, 2.45) is 0 Å². The Morgan fingerprint density at radius 3 is 2.60 bits per heavy atom. The van der Waals surface area contributed by atoms with Crippen LogP contribution in [0.3, 0.4) is 0 Å². The molecule has 0 radical (unpaired) electrons. The molecule has 2 aromatic rings. The number of hydrogen-bond donors (Lipinski definition) is 3. The summed E-state index contributed by atoms with van der Waals surface area (Å²) in [5.41, 5.74) is 8.21. The fourth-order valence-corrected chi connectivity index (χ4v) is 1.90. The van der Waals surface area contributed by atoms with Gasteiger partial charge in [0.2, 0.25) is 0 Å². The molecule has 104 valence electrons. The van der Waals surface area contributed by atoms with Crippen molar-refractivity contribution in [3.05, 3.63) is 53.2 Å². The zero-order chi connectivity index (χ0) is 14.7. The molecule has 2 rings (SSSR count). The normalized spacial score (nSPS) is 11.9. The minimum Gasteiger partial charge on any atom is -0.478 e. The predicted molar refractivity (Wildman–Crippen MR) is 78.8 cm³/mol. The number of benzene rings is 1. The first-order chi connectivity index (χ1) is 9.47. The molecule has 0 amide bonds. The molecular formula is C15H17N3O2. The van der Waals surface area contributed by atoms with Crippen LogP contribution in [-0.4, -0.2) is 16.1 Å². The fraction of sp³-hybridized carbons (Fsp3) is 0.200. The maximum atomic E-state index is 11.2. The van der Waals surface area contributed by atoms with Gasteiger partial charge in [-0.3, -0.25) is 0 Å². The van der Waals surface area contributed by atoms with Gasteiger partial charge in [0, 0.05) is 6.04 Å². The van der Waals surface area contributed by atoms with E-state index < -0.39 is 5.97 Å². The van der Waals surface area contributed by atoms with E-state index in [0.717, 1.165) is 5.56 Å². The molecule has 1 heterocycles. The third-order valence-electron chi connectivity index (χ3n) is 3.07. The molecule has 20 heavy (non-hydrogen) atoms. The van der Waals surface area contributed by atoms with Gasteiger partial charge in [-0.05, 0) is 25.5 Å². The Hall–Kier alpha value is -2.56. The molecule has 1 aromatic heterocycles. The van der Waals surface area contributed by atoms with Gasteiger partial charge in [-0.25, -0.2) is 9.78 Å². The Morgan fingerprint density at radius 2 is 2.00 bits per heavy atom. The van der Waals surface area contributed by atoms with E-state index in [1.165, 1.54) is 17.8 Å². The maximum absolute atomic E-state index is 11.2. The van der Waals surface area contributed by atoms with Crippen molar-refractivity contribution < 1.29 is 9.90 Å². The second-order valence-electron chi connectivity index (χ2n) is 4.75. The van der Waals surface area contributed by atoms with E-state index >= 15 is 0 Å². The van der Waals surface area contributed by atoms with Gasteiger partial charge in [0.1, 0.15) is 11.4 Å². The highest BCUT2D eigenvalue weighted by Crippen LogP contribution is 2.22. The summed E-state index contributed by atoms with van der Waals surface area (Å²) < 4.78 is 0. The van der Waals surface area contributed by atoms with Crippen molar-refractivity contribution >= 4 is 17.5 Å². The summed E-state index contributed by atoms with van der Waals surface area (Å²) in [4.78, 5) is 15.3. The molecule has 0 fully saturated rings. The lowest BCUT2D eigenvalue weighted by Gasteiger charge is -2.16. The largest absolute Gasteiger partial charge is 0.478 e. The first kappa shape index (κ1) is 13.9. The Bertz CT molecular complexity index is 624. The van der Waals surface area contributed by atoms with E-state index in [0.29, 0.717) is 11.5 Å². The average Bonchev–Trinajstić information content (AvgIpc) is 2.41. The lowest BCUT2D eigenvalue weighted by atomic mass is 10.1. The van der Waals surface area contributed by atoms with Crippen LogP contribution < -0.4 is 11.1 Å². The second kappa shape index (κ2) is 5.61. The minimum absolute atomic E-state index is 0.0511. The number of hydrogen-bond acceptors (Lipinski definition) is 4. The van der Waals surface area contributed by atoms with Crippen LogP contribution in [-0.2, 0) is 0 Å². The van der Waals surface area contributed by atoms with Gasteiger partial charge in [0.15, 0.2) is 0 Å². The molecule has 4 N–H and O–H groups in total. The standard InChI is InChI=1S/C15H17N3O2/c1-9-3-5-11(6-4-9)10(2)18-14-13(15(19)20)7-12(16)8-17-14/h3-8,10H,16H2,1-2H3,(H,17,18)(H,19,20). The molecule has 1 atom stereocenters. The highest BCUT2D eigenvalue weighted by atomic mass is 16.4. The molecule has 0 saturated carbocycles. The summed E-state index contributed by atoms with van der Waals surface area (Å²) in [5.74, 6) is -0.733. The van der Waals surface area contributed by atoms with Crippen LogP contribution in [0.5, 0.6) is 0 Å². The van der Waals surface area contributed by atoms with E-state index in [2.05, 4.69) is 10.3 Å². The van der Waals surface area contributed by atoms with Crippen LogP contribution in [0.1, 0.15) is 34.5 Å². The smallest absolute Gasteiger partial charge is 0.339 e. The topological polar surface area (TPSA) is 88.2 Å². The first-order valence-electron chi connectivity index (χ1n) is 6.29. The number of carbonyl (C=O) groups is 1. The average molecular weight is 271 g/mol. The number of nitrogens with two attached hydrogens (primary N) is 1. The lowest BCUT2D eigenvalue weighted by Crippen LogP contribution is -2.12. The highest BCUT2D eigenvalue weighted by molar-refractivity contribution is 5.94. The number of anilines is 2. The third-order valence-corrected chi connectivity index (χ3v) is 3.07. The first-order valence-corrected chi connectivity index (χ1v) is 6.29. The van der Waals surface area contributed by atoms with Crippen LogP contribution >= 0.6 is 0 Å². The van der Waals surface area contributed by atoms with Crippen LogP contribution in [0, 0.1) is 6.92 Å². The van der Waals surface area contributed by atoms with E-state index in [-0.39, 0.29) is 11.6 Å². The third kappa shape index (κ3) is 3.06. The number of carboxylic acid groups (broad SMARTS) is 1. The SMILES string of the molecule is Cc1ccc(C(C)Nc2ncc(N)cc2C(=O)O)cc1. The monoisotopic (exact) mass is 271 g/mol. The number of aryl methyl sites for hydroxylation is 1. The molecular weight excluding hydrogens is 254 g/mol. The van der Waals surface area contributed by atoms with E-state index in [1.807, 2.05) is 38.1 Å². The van der Waals surface area contributed by atoms with Gasteiger partial charge in [0.25, 0.3) is 0 Å². The summed E-state index contributed by atoms with van der Waals surface area (Å²) in [6, 6.07) is 9.39. The molecule has 5 heteroatoms. The summed E-state index contributed by atoms with van der Waals surface area (Å²) in [6.45, 7) is 3.97. The zero-order valence-corrected chi connectivity index (χ0v) is 11.4. The number of aromatic nitrogens is 1. The number of rotatable bonds is 4. The molecule has 0 aliphatic heterocycles.